The molecule has 1 aliphatic heterocycles. The molecular weight excluding hydrogens is 222 g/mol. The molecule has 1 atom stereocenters. The van der Waals surface area contributed by atoms with E-state index in [9.17, 15) is 5.11 Å². The maximum Gasteiger partial charge on any atom is 0.0800 e. The molecule has 0 radical (unpaired) electrons. The van der Waals surface area contributed by atoms with Crippen LogP contribution in [0, 0.1) is 5.41 Å². The maximum atomic E-state index is 11.0. The van der Waals surface area contributed by atoms with E-state index in [4.69, 9.17) is 0 Å². The molecule has 3 aliphatic rings. The molecule has 18 heavy (non-hydrogen) atoms. The fraction of sp³-hybridized carbons (Fsp3) is 1.00. The molecular formula is C16H29NO. The molecule has 0 aromatic rings. The van der Waals surface area contributed by atoms with Crippen LogP contribution in [-0.4, -0.2) is 23.3 Å². The summed E-state index contributed by atoms with van der Waals surface area (Å²) in [5.74, 6) is 0. The third-order valence-electron chi connectivity index (χ3n) is 6.05. The van der Waals surface area contributed by atoms with Gasteiger partial charge < -0.3 is 10.4 Å². The Bertz CT molecular complexity index is 265. The van der Waals surface area contributed by atoms with Crippen molar-refractivity contribution in [1.29, 1.82) is 0 Å². The van der Waals surface area contributed by atoms with Crippen molar-refractivity contribution < 1.29 is 5.11 Å². The van der Waals surface area contributed by atoms with Crippen molar-refractivity contribution in [3.63, 3.8) is 0 Å². The second-order valence-corrected chi connectivity index (χ2v) is 7.17. The lowest BCUT2D eigenvalue weighted by molar-refractivity contribution is -0.0610. The molecule has 104 valence electrons. The molecule has 0 aromatic carbocycles. The number of aliphatic hydroxyl groups is 1. The van der Waals surface area contributed by atoms with Crippen molar-refractivity contribution in [3.8, 4) is 0 Å². The SMILES string of the molecule is OC1(C2CCCCCN2)CCC2(CCCC2)CC1. The zero-order valence-corrected chi connectivity index (χ0v) is 11.7. The Kier molecular flexibility index (Phi) is 3.68. The summed E-state index contributed by atoms with van der Waals surface area (Å²) in [6.45, 7) is 1.11. The molecule has 1 saturated heterocycles. The molecule has 1 heterocycles. The quantitative estimate of drug-likeness (QED) is 0.749. The summed E-state index contributed by atoms with van der Waals surface area (Å²) in [4.78, 5) is 0. The average Bonchev–Trinajstić information content (AvgIpc) is 2.66. The minimum absolute atomic E-state index is 0.374. The van der Waals surface area contributed by atoms with Crippen molar-refractivity contribution >= 4 is 0 Å². The Morgan fingerprint density at radius 3 is 2.22 bits per heavy atom. The summed E-state index contributed by atoms with van der Waals surface area (Å²) in [6.07, 6.45) is 15.5. The topological polar surface area (TPSA) is 32.3 Å². The van der Waals surface area contributed by atoms with Crippen molar-refractivity contribution in [1.82, 2.24) is 5.32 Å². The highest BCUT2D eigenvalue weighted by atomic mass is 16.3. The van der Waals surface area contributed by atoms with Gasteiger partial charge in [-0.3, -0.25) is 0 Å². The first-order valence-electron chi connectivity index (χ1n) is 8.18. The minimum atomic E-state index is -0.391. The maximum absolute atomic E-state index is 11.0. The summed E-state index contributed by atoms with van der Waals surface area (Å²) in [5.41, 5.74) is 0.245. The Labute approximate surface area is 112 Å². The monoisotopic (exact) mass is 251 g/mol. The van der Waals surface area contributed by atoms with Gasteiger partial charge in [-0.2, -0.15) is 0 Å². The zero-order valence-electron chi connectivity index (χ0n) is 11.7. The van der Waals surface area contributed by atoms with E-state index in [1.807, 2.05) is 0 Å². The van der Waals surface area contributed by atoms with Crippen LogP contribution in [0.3, 0.4) is 0 Å². The van der Waals surface area contributed by atoms with Gasteiger partial charge >= 0.3 is 0 Å². The molecule has 3 rings (SSSR count). The first kappa shape index (κ1) is 12.9. The lowest BCUT2D eigenvalue weighted by Gasteiger charge is -2.46. The van der Waals surface area contributed by atoms with Crippen LogP contribution in [0.1, 0.15) is 77.0 Å². The third-order valence-corrected chi connectivity index (χ3v) is 6.05. The van der Waals surface area contributed by atoms with Gasteiger partial charge in [-0.1, -0.05) is 25.7 Å². The Morgan fingerprint density at radius 1 is 0.778 bits per heavy atom. The van der Waals surface area contributed by atoms with Crippen molar-refractivity contribution in [2.24, 2.45) is 5.41 Å². The fourth-order valence-electron chi connectivity index (χ4n) is 4.67. The van der Waals surface area contributed by atoms with Gasteiger partial charge in [0.1, 0.15) is 0 Å². The second-order valence-electron chi connectivity index (χ2n) is 7.17. The molecule has 1 unspecified atom stereocenters. The van der Waals surface area contributed by atoms with Gasteiger partial charge in [-0.15, -0.1) is 0 Å². The van der Waals surface area contributed by atoms with Crippen molar-refractivity contribution in [2.45, 2.75) is 88.7 Å². The van der Waals surface area contributed by atoms with E-state index < -0.39 is 5.60 Å². The summed E-state index contributed by atoms with van der Waals surface area (Å²) in [6, 6.07) is 0.374. The lowest BCUT2D eigenvalue weighted by Crippen LogP contribution is -2.53. The third kappa shape index (κ3) is 2.46. The van der Waals surface area contributed by atoms with Crippen LogP contribution < -0.4 is 5.32 Å². The van der Waals surface area contributed by atoms with Crippen LogP contribution >= 0.6 is 0 Å². The van der Waals surface area contributed by atoms with E-state index in [0.717, 1.165) is 19.4 Å². The van der Waals surface area contributed by atoms with Crippen LogP contribution in [-0.2, 0) is 0 Å². The normalized spacial score (nSPS) is 35.5. The van der Waals surface area contributed by atoms with Crippen molar-refractivity contribution in [2.75, 3.05) is 6.54 Å². The summed E-state index contributed by atoms with van der Waals surface area (Å²) in [5, 5.41) is 14.6. The van der Waals surface area contributed by atoms with Gasteiger partial charge in [0.05, 0.1) is 5.60 Å². The Hall–Kier alpha value is -0.0800. The zero-order chi connectivity index (χ0) is 12.5. The fourth-order valence-corrected chi connectivity index (χ4v) is 4.67. The highest BCUT2D eigenvalue weighted by molar-refractivity contribution is 5.01. The molecule has 2 aliphatic carbocycles. The predicted molar refractivity (Wildman–Crippen MR) is 74.6 cm³/mol. The highest BCUT2D eigenvalue weighted by Crippen LogP contribution is 2.52. The van der Waals surface area contributed by atoms with Gasteiger partial charge in [0.25, 0.3) is 0 Å². The van der Waals surface area contributed by atoms with Gasteiger partial charge in [0, 0.05) is 6.04 Å². The Balaban J connectivity index is 1.62. The van der Waals surface area contributed by atoms with E-state index in [1.165, 1.54) is 64.2 Å². The summed E-state index contributed by atoms with van der Waals surface area (Å²) in [7, 11) is 0. The molecule has 2 heteroatoms. The van der Waals surface area contributed by atoms with Gasteiger partial charge in [0.2, 0.25) is 0 Å². The first-order chi connectivity index (χ1) is 8.73. The smallest absolute Gasteiger partial charge is 0.0800 e. The number of hydrogen-bond acceptors (Lipinski definition) is 2. The largest absolute Gasteiger partial charge is 0.388 e. The average molecular weight is 251 g/mol. The standard InChI is InChI=1S/C16H29NO/c18-16(14-6-2-1-5-13-17-14)11-9-15(10-12-16)7-3-4-8-15/h14,17-18H,1-13H2. The minimum Gasteiger partial charge on any atom is -0.388 e. The van der Waals surface area contributed by atoms with E-state index in [1.54, 1.807) is 0 Å². The van der Waals surface area contributed by atoms with Crippen LogP contribution in [0.2, 0.25) is 0 Å². The second kappa shape index (κ2) is 5.13. The van der Waals surface area contributed by atoms with Crippen molar-refractivity contribution in [3.05, 3.63) is 0 Å². The number of rotatable bonds is 1. The molecule has 0 bridgehead atoms. The first-order valence-corrected chi connectivity index (χ1v) is 8.18. The van der Waals surface area contributed by atoms with Gasteiger partial charge in [0.15, 0.2) is 0 Å². The van der Waals surface area contributed by atoms with Gasteiger partial charge in [-0.25, -0.2) is 0 Å². The molecule has 2 saturated carbocycles. The summed E-state index contributed by atoms with van der Waals surface area (Å²) >= 11 is 0. The molecule has 2 N–H and O–H groups in total. The van der Waals surface area contributed by atoms with Crippen LogP contribution in [0.4, 0.5) is 0 Å². The van der Waals surface area contributed by atoms with Crippen LogP contribution in [0.5, 0.6) is 0 Å². The molecule has 3 fully saturated rings. The Morgan fingerprint density at radius 2 is 1.50 bits per heavy atom. The molecule has 0 amide bonds. The van der Waals surface area contributed by atoms with Crippen LogP contribution in [0.25, 0.3) is 0 Å². The predicted octanol–water partition coefficient (Wildman–Crippen LogP) is 3.38. The molecule has 0 aromatic heterocycles. The van der Waals surface area contributed by atoms with Crippen LogP contribution in [0.15, 0.2) is 0 Å². The number of nitrogens with one attached hydrogen (secondary N) is 1. The van der Waals surface area contributed by atoms with E-state index in [0.29, 0.717) is 11.5 Å². The van der Waals surface area contributed by atoms with E-state index >= 15 is 0 Å². The molecule has 2 nitrogen and oxygen atoms in total. The van der Waals surface area contributed by atoms with E-state index in [2.05, 4.69) is 5.32 Å². The molecule has 1 spiro atoms. The highest BCUT2D eigenvalue weighted by Gasteiger charge is 2.46. The number of hydrogen-bond donors (Lipinski definition) is 2. The lowest BCUT2D eigenvalue weighted by atomic mass is 9.65. The van der Waals surface area contributed by atoms with E-state index in [-0.39, 0.29) is 0 Å². The summed E-state index contributed by atoms with van der Waals surface area (Å²) < 4.78 is 0. The van der Waals surface area contributed by atoms with Gasteiger partial charge in [-0.05, 0) is 63.3 Å².